The lowest BCUT2D eigenvalue weighted by Crippen LogP contribution is -2.50. The Bertz CT molecular complexity index is 1310. The van der Waals surface area contributed by atoms with Crippen LogP contribution in [0, 0.1) is 0 Å². The molecule has 0 amide bonds. The maximum atomic E-state index is 2.70. The highest BCUT2D eigenvalue weighted by Crippen LogP contribution is 2.21. The van der Waals surface area contributed by atoms with Gasteiger partial charge in [-0.05, 0) is 5.56 Å². The molecule has 0 fully saturated rings. The molecule has 3 heteroatoms. The second-order valence-corrected chi connectivity index (χ2v) is 13.0. The Labute approximate surface area is 265 Å². The normalized spacial score (nSPS) is 12.0. The number of likely N-dealkylation sites (N-methyl/N-ethyl adjacent to an activating group) is 2. The van der Waals surface area contributed by atoms with Crippen LogP contribution in [0.4, 0.5) is 0 Å². The van der Waals surface area contributed by atoms with E-state index in [1.54, 1.807) is 0 Å². The Kier molecular flexibility index (Phi) is 11.2. The molecule has 0 aliphatic carbocycles. The quantitative estimate of drug-likeness (QED) is 0.106. The monoisotopic (exact) mass is 583 g/mol. The molecule has 0 atom stereocenters. The smallest absolute Gasteiger partial charge is 0.104 e. The van der Waals surface area contributed by atoms with Gasteiger partial charge in [0.25, 0.3) is 0 Å². The molecule has 226 valence electrons. The summed E-state index contributed by atoms with van der Waals surface area (Å²) in [7, 11) is 4.87. The minimum absolute atomic E-state index is 0.966. The Morgan fingerprint density at radius 3 is 0.886 bits per heavy atom. The van der Waals surface area contributed by atoms with Crippen molar-refractivity contribution in [3.05, 3.63) is 179 Å². The first-order valence-electron chi connectivity index (χ1n) is 16.1. The van der Waals surface area contributed by atoms with Gasteiger partial charge in [0, 0.05) is 41.9 Å². The summed E-state index contributed by atoms with van der Waals surface area (Å²) in [6.07, 6.45) is 0. The summed E-state index contributed by atoms with van der Waals surface area (Å²) in [5.41, 5.74) is 6.98. The second kappa shape index (κ2) is 15.6. The van der Waals surface area contributed by atoms with E-state index >= 15 is 0 Å². The fourth-order valence-electron chi connectivity index (χ4n) is 6.40. The summed E-state index contributed by atoms with van der Waals surface area (Å²) in [4.78, 5) is 2.70. The number of hydrogen-bond donors (Lipinski definition) is 0. The zero-order valence-electron chi connectivity index (χ0n) is 26.6. The highest BCUT2D eigenvalue weighted by molar-refractivity contribution is 5.17. The molecular weight excluding hydrogens is 534 g/mol. The van der Waals surface area contributed by atoms with Gasteiger partial charge < -0.3 is 8.97 Å². The first-order valence-corrected chi connectivity index (χ1v) is 16.1. The standard InChI is InChI=1S/C41H49N3/c1-43(33-38-20-10-4-11-21-38,34-39-22-12-5-13-23-39)30-28-42(32-37-18-8-3-9-19-37)29-31-44(2,35-40-24-14-6-15-25-40)36-41-26-16-7-17-27-41/h3-27H,28-36H2,1-2H3/q+2. The zero-order valence-corrected chi connectivity index (χ0v) is 26.6. The van der Waals surface area contributed by atoms with Gasteiger partial charge in [-0.2, -0.15) is 0 Å². The van der Waals surface area contributed by atoms with E-state index in [2.05, 4.69) is 171 Å². The fourth-order valence-corrected chi connectivity index (χ4v) is 6.40. The molecule has 0 spiro atoms. The summed E-state index contributed by atoms with van der Waals surface area (Å²) in [5.74, 6) is 0. The van der Waals surface area contributed by atoms with Crippen molar-refractivity contribution in [1.29, 1.82) is 0 Å². The van der Waals surface area contributed by atoms with Crippen molar-refractivity contribution in [2.75, 3.05) is 40.3 Å². The van der Waals surface area contributed by atoms with Crippen LogP contribution in [0.5, 0.6) is 0 Å². The third kappa shape index (κ3) is 10.0. The van der Waals surface area contributed by atoms with Crippen LogP contribution >= 0.6 is 0 Å². The predicted molar refractivity (Wildman–Crippen MR) is 184 cm³/mol. The van der Waals surface area contributed by atoms with E-state index in [1.165, 1.54) is 27.8 Å². The molecule has 0 aliphatic heterocycles. The topological polar surface area (TPSA) is 3.24 Å². The van der Waals surface area contributed by atoms with Crippen molar-refractivity contribution in [1.82, 2.24) is 4.90 Å². The van der Waals surface area contributed by atoms with E-state index in [4.69, 9.17) is 0 Å². The lowest BCUT2D eigenvalue weighted by molar-refractivity contribution is -0.937. The Morgan fingerprint density at radius 2 is 0.614 bits per heavy atom. The number of rotatable bonds is 16. The van der Waals surface area contributed by atoms with Crippen molar-refractivity contribution in [2.24, 2.45) is 0 Å². The Balaban J connectivity index is 1.36. The third-order valence-corrected chi connectivity index (χ3v) is 8.79. The highest BCUT2D eigenvalue weighted by Gasteiger charge is 2.27. The lowest BCUT2D eigenvalue weighted by Gasteiger charge is -2.39. The molecule has 3 nitrogen and oxygen atoms in total. The summed E-state index contributed by atoms with van der Waals surface area (Å²) in [5, 5.41) is 0. The van der Waals surface area contributed by atoms with Crippen molar-refractivity contribution in [2.45, 2.75) is 32.7 Å². The molecule has 0 bridgehead atoms. The van der Waals surface area contributed by atoms with Gasteiger partial charge >= 0.3 is 0 Å². The van der Waals surface area contributed by atoms with Crippen molar-refractivity contribution < 1.29 is 8.97 Å². The number of benzene rings is 5. The van der Waals surface area contributed by atoms with Crippen LogP contribution in [0.2, 0.25) is 0 Å². The first kappa shape index (κ1) is 31.4. The van der Waals surface area contributed by atoms with E-state index in [0.717, 1.165) is 67.9 Å². The van der Waals surface area contributed by atoms with Gasteiger partial charge in [-0.15, -0.1) is 0 Å². The van der Waals surface area contributed by atoms with Crippen LogP contribution in [-0.4, -0.2) is 54.1 Å². The summed E-state index contributed by atoms with van der Waals surface area (Å²) >= 11 is 0. The summed E-state index contributed by atoms with van der Waals surface area (Å²) in [6, 6.07) is 55.0. The van der Waals surface area contributed by atoms with Crippen LogP contribution in [0.1, 0.15) is 27.8 Å². The Hall–Kier alpha value is -4.02. The van der Waals surface area contributed by atoms with Crippen molar-refractivity contribution >= 4 is 0 Å². The molecule has 0 radical (unpaired) electrons. The van der Waals surface area contributed by atoms with Gasteiger partial charge in [-0.1, -0.05) is 152 Å². The molecule has 0 heterocycles. The van der Waals surface area contributed by atoms with Crippen LogP contribution in [-0.2, 0) is 32.7 Å². The lowest BCUT2D eigenvalue weighted by atomic mass is 10.1. The van der Waals surface area contributed by atoms with E-state index in [0.29, 0.717) is 0 Å². The Morgan fingerprint density at radius 1 is 0.364 bits per heavy atom. The fraction of sp³-hybridized carbons (Fsp3) is 0.268. The van der Waals surface area contributed by atoms with Crippen molar-refractivity contribution in [3.8, 4) is 0 Å². The van der Waals surface area contributed by atoms with Gasteiger partial charge in [-0.3, -0.25) is 4.90 Å². The van der Waals surface area contributed by atoms with Gasteiger partial charge in [0.1, 0.15) is 26.2 Å². The van der Waals surface area contributed by atoms with E-state index in [-0.39, 0.29) is 0 Å². The van der Waals surface area contributed by atoms with Crippen LogP contribution in [0.3, 0.4) is 0 Å². The molecule has 5 aromatic carbocycles. The molecular formula is C41H49N3+2. The maximum Gasteiger partial charge on any atom is 0.104 e. The first-order chi connectivity index (χ1) is 21.5. The molecule has 5 aromatic rings. The van der Waals surface area contributed by atoms with Gasteiger partial charge in [0.15, 0.2) is 0 Å². The van der Waals surface area contributed by atoms with E-state index < -0.39 is 0 Å². The highest BCUT2D eigenvalue weighted by atomic mass is 15.4. The van der Waals surface area contributed by atoms with Gasteiger partial charge in [-0.25, -0.2) is 0 Å². The van der Waals surface area contributed by atoms with Crippen LogP contribution in [0.25, 0.3) is 0 Å². The minimum Gasteiger partial charge on any atom is -0.317 e. The number of hydrogen-bond acceptors (Lipinski definition) is 1. The molecule has 0 N–H and O–H groups in total. The SMILES string of the molecule is C[N+](CCN(CC[N+](C)(Cc1ccccc1)Cc1ccccc1)Cc1ccccc1)(Cc1ccccc1)Cc1ccccc1. The zero-order chi connectivity index (χ0) is 30.5. The number of quaternary nitrogens is 2. The second-order valence-electron chi connectivity index (χ2n) is 13.0. The van der Waals surface area contributed by atoms with Crippen molar-refractivity contribution in [3.63, 3.8) is 0 Å². The predicted octanol–water partition coefficient (Wildman–Crippen LogP) is 8.18. The molecule has 44 heavy (non-hydrogen) atoms. The minimum atomic E-state index is 0.966. The van der Waals surface area contributed by atoms with Crippen LogP contribution in [0.15, 0.2) is 152 Å². The number of nitrogens with zero attached hydrogens (tertiary/aromatic N) is 3. The van der Waals surface area contributed by atoms with E-state index in [1.807, 2.05) is 0 Å². The van der Waals surface area contributed by atoms with Gasteiger partial charge in [0.2, 0.25) is 0 Å². The average molecular weight is 584 g/mol. The van der Waals surface area contributed by atoms with Gasteiger partial charge in [0.05, 0.1) is 27.2 Å². The molecule has 0 saturated heterocycles. The largest absolute Gasteiger partial charge is 0.317 e. The molecule has 0 aromatic heterocycles. The molecule has 0 unspecified atom stereocenters. The maximum absolute atomic E-state index is 2.70. The molecule has 0 saturated carbocycles. The summed E-state index contributed by atoms with van der Waals surface area (Å²) in [6.45, 7) is 9.29. The van der Waals surface area contributed by atoms with E-state index in [9.17, 15) is 0 Å². The van der Waals surface area contributed by atoms with Crippen LogP contribution < -0.4 is 0 Å². The molecule has 0 aliphatic rings. The average Bonchev–Trinajstić information content (AvgIpc) is 3.05. The third-order valence-electron chi connectivity index (χ3n) is 8.79. The molecule has 5 rings (SSSR count). The summed E-state index contributed by atoms with van der Waals surface area (Å²) < 4.78 is 1.94.